The topological polar surface area (TPSA) is 84.9 Å². The fraction of sp³-hybridized carbons (Fsp3) is 0.500. The van der Waals surface area contributed by atoms with Gasteiger partial charge in [-0.15, -0.1) is 0 Å². The molecular formula is C16H21NO5. The molecule has 0 radical (unpaired) electrons. The Morgan fingerprint density at radius 1 is 1.27 bits per heavy atom. The molecule has 6 nitrogen and oxygen atoms in total. The molecule has 1 aromatic rings. The van der Waals surface area contributed by atoms with E-state index >= 15 is 0 Å². The first-order valence-corrected chi connectivity index (χ1v) is 7.43. The van der Waals surface area contributed by atoms with Crippen molar-refractivity contribution in [2.75, 3.05) is 19.8 Å². The van der Waals surface area contributed by atoms with E-state index in [4.69, 9.17) is 9.47 Å². The zero-order valence-corrected chi connectivity index (χ0v) is 12.4. The molecular weight excluding hydrogens is 286 g/mol. The minimum atomic E-state index is -1.08. The second-order valence-corrected chi connectivity index (χ2v) is 5.18. The Balaban J connectivity index is 1.77. The molecule has 1 heterocycles. The summed E-state index contributed by atoms with van der Waals surface area (Å²) in [5, 5.41) is 11.8. The first-order valence-electron chi connectivity index (χ1n) is 7.43. The van der Waals surface area contributed by atoms with Gasteiger partial charge >= 0.3 is 5.97 Å². The summed E-state index contributed by atoms with van der Waals surface area (Å²) in [7, 11) is 0. The van der Waals surface area contributed by atoms with Gasteiger partial charge in [-0.3, -0.25) is 4.79 Å². The number of carboxylic acids is 1. The van der Waals surface area contributed by atoms with Crippen molar-refractivity contribution in [2.24, 2.45) is 0 Å². The summed E-state index contributed by atoms with van der Waals surface area (Å²) >= 11 is 0. The van der Waals surface area contributed by atoms with Crippen LogP contribution in [0.4, 0.5) is 0 Å². The smallest absolute Gasteiger partial charge is 0.330 e. The van der Waals surface area contributed by atoms with Crippen LogP contribution in [0.2, 0.25) is 0 Å². The monoisotopic (exact) mass is 307 g/mol. The van der Waals surface area contributed by atoms with Crippen LogP contribution in [0.5, 0.6) is 0 Å². The zero-order chi connectivity index (χ0) is 15.8. The van der Waals surface area contributed by atoms with Gasteiger partial charge in [-0.2, -0.15) is 0 Å². The number of carbonyl (C=O) groups is 2. The SMILES string of the molecule is O=C(CCOC1CCOCC1)NC(C(=O)O)c1ccccc1. The molecule has 1 amide bonds. The molecule has 0 saturated carbocycles. The van der Waals surface area contributed by atoms with Gasteiger partial charge in [0, 0.05) is 13.2 Å². The molecule has 6 heteroatoms. The lowest BCUT2D eigenvalue weighted by Crippen LogP contribution is -2.34. The fourth-order valence-corrected chi connectivity index (χ4v) is 2.33. The Labute approximate surface area is 129 Å². The maximum atomic E-state index is 11.9. The fourth-order valence-electron chi connectivity index (χ4n) is 2.33. The van der Waals surface area contributed by atoms with E-state index in [1.165, 1.54) is 0 Å². The summed E-state index contributed by atoms with van der Waals surface area (Å²) in [6.07, 6.45) is 1.95. The highest BCUT2D eigenvalue weighted by Crippen LogP contribution is 2.13. The molecule has 22 heavy (non-hydrogen) atoms. The summed E-state index contributed by atoms with van der Waals surface area (Å²) in [6.45, 7) is 1.66. The third-order valence-electron chi connectivity index (χ3n) is 3.54. The predicted molar refractivity (Wildman–Crippen MR) is 79.4 cm³/mol. The molecule has 0 aromatic heterocycles. The number of ether oxygens (including phenoxy) is 2. The molecule has 120 valence electrons. The number of hydrogen-bond acceptors (Lipinski definition) is 4. The molecule has 0 aliphatic carbocycles. The highest BCUT2D eigenvalue weighted by Gasteiger charge is 2.22. The van der Waals surface area contributed by atoms with Crippen molar-refractivity contribution >= 4 is 11.9 Å². The van der Waals surface area contributed by atoms with Crippen molar-refractivity contribution in [2.45, 2.75) is 31.4 Å². The molecule has 1 aliphatic rings. The molecule has 1 aliphatic heterocycles. The average Bonchev–Trinajstić information content (AvgIpc) is 2.54. The van der Waals surface area contributed by atoms with Crippen LogP contribution in [-0.2, 0) is 19.1 Å². The number of amides is 1. The Bertz CT molecular complexity index is 485. The molecule has 2 rings (SSSR count). The first-order chi connectivity index (χ1) is 10.7. The third kappa shape index (κ3) is 5.13. The van der Waals surface area contributed by atoms with Crippen LogP contribution >= 0.6 is 0 Å². The second kappa shape index (κ2) is 8.51. The van der Waals surface area contributed by atoms with Crippen LogP contribution in [0.15, 0.2) is 30.3 Å². The Hall–Kier alpha value is -1.92. The van der Waals surface area contributed by atoms with E-state index in [9.17, 15) is 14.7 Å². The van der Waals surface area contributed by atoms with Gasteiger partial charge in [0.1, 0.15) is 0 Å². The number of aliphatic carboxylic acids is 1. The van der Waals surface area contributed by atoms with Gasteiger partial charge < -0.3 is 19.9 Å². The van der Waals surface area contributed by atoms with Crippen molar-refractivity contribution in [1.82, 2.24) is 5.32 Å². The van der Waals surface area contributed by atoms with E-state index in [1.807, 2.05) is 0 Å². The van der Waals surface area contributed by atoms with Crippen LogP contribution < -0.4 is 5.32 Å². The maximum absolute atomic E-state index is 11.9. The summed E-state index contributed by atoms with van der Waals surface area (Å²) in [5.74, 6) is -1.41. The van der Waals surface area contributed by atoms with Gasteiger partial charge in [-0.05, 0) is 18.4 Å². The zero-order valence-electron chi connectivity index (χ0n) is 12.4. The average molecular weight is 307 g/mol. The van der Waals surface area contributed by atoms with Crippen LogP contribution in [0.3, 0.4) is 0 Å². The molecule has 0 spiro atoms. The number of nitrogens with one attached hydrogen (secondary N) is 1. The Morgan fingerprint density at radius 2 is 1.95 bits per heavy atom. The summed E-state index contributed by atoms with van der Waals surface area (Å²) in [6, 6.07) is 7.61. The first kappa shape index (κ1) is 16.5. The Morgan fingerprint density at radius 3 is 2.59 bits per heavy atom. The number of rotatable bonds is 7. The van der Waals surface area contributed by atoms with E-state index < -0.39 is 12.0 Å². The standard InChI is InChI=1S/C16H21NO5/c18-14(8-11-22-13-6-9-21-10-7-13)17-15(16(19)20)12-4-2-1-3-5-12/h1-5,13,15H,6-11H2,(H,17,18)(H,19,20). The van der Waals surface area contributed by atoms with E-state index in [2.05, 4.69) is 5.32 Å². The molecule has 1 aromatic carbocycles. The van der Waals surface area contributed by atoms with Gasteiger partial charge in [-0.1, -0.05) is 30.3 Å². The van der Waals surface area contributed by atoms with E-state index in [0.29, 0.717) is 18.8 Å². The lowest BCUT2D eigenvalue weighted by molar-refractivity contribution is -0.142. The number of benzene rings is 1. The van der Waals surface area contributed by atoms with Gasteiger partial charge in [0.25, 0.3) is 0 Å². The normalized spacial score (nSPS) is 16.9. The molecule has 1 unspecified atom stereocenters. The lowest BCUT2D eigenvalue weighted by Gasteiger charge is -2.22. The van der Waals surface area contributed by atoms with Crippen LogP contribution in [0.25, 0.3) is 0 Å². The molecule has 0 bridgehead atoms. The highest BCUT2D eigenvalue weighted by molar-refractivity contribution is 5.84. The summed E-state index contributed by atoms with van der Waals surface area (Å²) in [4.78, 5) is 23.2. The van der Waals surface area contributed by atoms with Gasteiger partial charge in [0.2, 0.25) is 5.91 Å². The van der Waals surface area contributed by atoms with Crippen LogP contribution in [0.1, 0.15) is 30.9 Å². The summed E-state index contributed by atoms with van der Waals surface area (Å²) < 4.78 is 10.8. The lowest BCUT2D eigenvalue weighted by atomic mass is 10.1. The predicted octanol–water partition coefficient (Wildman–Crippen LogP) is 1.51. The van der Waals surface area contributed by atoms with Crippen molar-refractivity contribution in [3.63, 3.8) is 0 Å². The van der Waals surface area contributed by atoms with E-state index in [0.717, 1.165) is 12.8 Å². The van der Waals surface area contributed by atoms with E-state index in [-0.39, 0.29) is 25.0 Å². The maximum Gasteiger partial charge on any atom is 0.330 e. The van der Waals surface area contributed by atoms with Crippen molar-refractivity contribution < 1.29 is 24.2 Å². The largest absolute Gasteiger partial charge is 0.479 e. The van der Waals surface area contributed by atoms with Crippen molar-refractivity contribution in [3.05, 3.63) is 35.9 Å². The quantitative estimate of drug-likeness (QED) is 0.797. The molecule has 1 fully saturated rings. The number of hydrogen-bond donors (Lipinski definition) is 2. The van der Waals surface area contributed by atoms with Gasteiger partial charge in [-0.25, -0.2) is 4.79 Å². The third-order valence-corrected chi connectivity index (χ3v) is 3.54. The highest BCUT2D eigenvalue weighted by atomic mass is 16.5. The van der Waals surface area contributed by atoms with Crippen LogP contribution in [0, 0.1) is 0 Å². The Kier molecular flexibility index (Phi) is 6.36. The summed E-state index contributed by atoms with van der Waals surface area (Å²) in [5.41, 5.74) is 0.550. The van der Waals surface area contributed by atoms with Crippen LogP contribution in [-0.4, -0.2) is 42.9 Å². The van der Waals surface area contributed by atoms with Gasteiger partial charge in [0.15, 0.2) is 6.04 Å². The van der Waals surface area contributed by atoms with Gasteiger partial charge in [0.05, 0.1) is 19.1 Å². The minimum absolute atomic E-state index is 0.131. The molecule has 1 saturated heterocycles. The molecule has 1 atom stereocenters. The number of carboxylic acid groups (broad SMARTS) is 1. The van der Waals surface area contributed by atoms with Crippen molar-refractivity contribution in [3.8, 4) is 0 Å². The second-order valence-electron chi connectivity index (χ2n) is 5.18. The van der Waals surface area contributed by atoms with E-state index in [1.54, 1.807) is 30.3 Å². The number of carbonyl (C=O) groups excluding carboxylic acids is 1. The molecule has 2 N–H and O–H groups in total. The minimum Gasteiger partial charge on any atom is -0.479 e. The van der Waals surface area contributed by atoms with Crippen molar-refractivity contribution in [1.29, 1.82) is 0 Å².